The highest BCUT2D eigenvalue weighted by atomic mass is 32.1. The fourth-order valence-corrected chi connectivity index (χ4v) is 2.21. The molecule has 1 atom stereocenters. The van der Waals surface area contributed by atoms with E-state index in [1.54, 1.807) is 4.90 Å². The molecule has 0 radical (unpaired) electrons. The molecule has 104 valence electrons. The molecule has 1 rings (SSSR count). The number of nitrogens with zero attached hydrogens (tertiary/aromatic N) is 1. The fourth-order valence-electron chi connectivity index (χ4n) is 1.97. The molecule has 0 heterocycles. The quantitative estimate of drug-likeness (QED) is 0.771. The molecule has 0 aliphatic rings. The molecule has 0 saturated carbocycles. The van der Waals surface area contributed by atoms with E-state index in [1.165, 1.54) is 0 Å². The van der Waals surface area contributed by atoms with Crippen LogP contribution in [0.15, 0.2) is 30.3 Å². The summed E-state index contributed by atoms with van der Waals surface area (Å²) in [5.41, 5.74) is 6.51. The topological polar surface area (TPSA) is 66.6 Å². The average molecular weight is 280 g/mol. The number of aliphatic hydroxyl groups is 1. The molecule has 19 heavy (non-hydrogen) atoms. The van der Waals surface area contributed by atoms with Gasteiger partial charge in [-0.3, -0.25) is 4.79 Å². The van der Waals surface area contributed by atoms with Gasteiger partial charge in [0.2, 0.25) is 5.91 Å². The van der Waals surface area contributed by atoms with Crippen molar-refractivity contribution >= 4 is 23.1 Å². The molecule has 1 aromatic carbocycles. The van der Waals surface area contributed by atoms with Crippen LogP contribution in [0, 0.1) is 0 Å². The van der Waals surface area contributed by atoms with Crippen LogP contribution in [-0.2, 0) is 4.79 Å². The van der Waals surface area contributed by atoms with Gasteiger partial charge in [-0.2, -0.15) is 0 Å². The van der Waals surface area contributed by atoms with E-state index in [9.17, 15) is 4.79 Å². The van der Waals surface area contributed by atoms with Crippen LogP contribution in [-0.4, -0.2) is 40.1 Å². The van der Waals surface area contributed by atoms with Gasteiger partial charge in [0.15, 0.2) is 0 Å². The molecule has 0 saturated heterocycles. The lowest BCUT2D eigenvalue weighted by molar-refractivity contribution is -0.133. The number of aliphatic hydroxyl groups excluding tert-OH is 1. The fraction of sp³-hybridized carbons (Fsp3) is 0.429. The van der Waals surface area contributed by atoms with Gasteiger partial charge in [0, 0.05) is 12.6 Å². The van der Waals surface area contributed by atoms with Crippen molar-refractivity contribution in [3.05, 3.63) is 35.9 Å². The van der Waals surface area contributed by atoms with Crippen molar-refractivity contribution in [1.82, 2.24) is 4.90 Å². The minimum absolute atomic E-state index is 0.0137. The van der Waals surface area contributed by atoms with Crippen LogP contribution < -0.4 is 5.73 Å². The molecule has 0 aromatic heterocycles. The van der Waals surface area contributed by atoms with E-state index >= 15 is 0 Å². The molecule has 0 bridgehead atoms. The number of hydrogen-bond donors (Lipinski definition) is 2. The zero-order valence-electron chi connectivity index (χ0n) is 11.2. The SMILES string of the molecule is CC(C)N(CCO)C(=O)C(C(N)=S)c1ccccc1. The first-order chi connectivity index (χ1) is 8.99. The van der Waals surface area contributed by atoms with E-state index < -0.39 is 5.92 Å². The Morgan fingerprint density at radius 1 is 1.37 bits per heavy atom. The van der Waals surface area contributed by atoms with E-state index in [0.29, 0.717) is 0 Å². The number of rotatable bonds is 6. The second-order valence-electron chi connectivity index (χ2n) is 4.60. The van der Waals surface area contributed by atoms with Crippen LogP contribution in [0.5, 0.6) is 0 Å². The molecule has 3 N–H and O–H groups in total. The Kier molecular flexibility index (Phi) is 5.92. The lowest BCUT2D eigenvalue weighted by Crippen LogP contribution is -2.44. The summed E-state index contributed by atoms with van der Waals surface area (Å²) in [4.78, 5) is 14.3. The zero-order chi connectivity index (χ0) is 14.4. The van der Waals surface area contributed by atoms with Crippen LogP contribution in [0.4, 0.5) is 0 Å². The van der Waals surface area contributed by atoms with Crippen molar-refractivity contribution < 1.29 is 9.90 Å². The van der Waals surface area contributed by atoms with Gasteiger partial charge in [-0.1, -0.05) is 42.5 Å². The Balaban J connectivity index is 3.06. The summed E-state index contributed by atoms with van der Waals surface area (Å²) in [5.74, 6) is -0.798. The van der Waals surface area contributed by atoms with Gasteiger partial charge in [0.05, 0.1) is 11.6 Å². The minimum atomic E-state index is -0.634. The number of thiocarbonyl (C=S) groups is 1. The first-order valence-corrected chi connectivity index (χ1v) is 6.65. The van der Waals surface area contributed by atoms with E-state index in [-0.39, 0.29) is 30.1 Å². The Morgan fingerprint density at radius 2 is 1.95 bits per heavy atom. The van der Waals surface area contributed by atoms with E-state index in [1.807, 2.05) is 44.2 Å². The summed E-state index contributed by atoms with van der Waals surface area (Å²) in [6, 6.07) is 9.22. The van der Waals surface area contributed by atoms with Crippen molar-refractivity contribution in [2.75, 3.05) is 13.2 Å². The van der Waals surface area contributed by atoms with Crippen LogP contribution >= 0.6 is 12.2 Å². The lowest BCUT2D eigenvalue weighted by Gasteiger charge is -2.30. The van der Waals surface area contributed by atoms with E-state index in [4.69, 9.17) is 23.1 Å². The van der Waals surface area contributed by atoms with E-state index in [0.717, 1.165) is 5.56 Å². The van der Waals surface area contributed by atoms with Crippen molar-refractivity contribution in [2.45, 2.75) is 25.8 Å². The van der Waals surface area contributed by atoms with Gasteiger partial charge in [-0.15, -0.1) is 0 Å². The molecule has 0 aliphatic heterocycles. The third-order valence-corrected chi connectivity index (χ3v) is 3.15. The maximum absolute atomic E-state index is 12.6. The third-order valence-electron chi connectivity index (χ3n) is 2.91. The molecule has 1 unspecified atom stereocenters. The summed E-state index contributed by atoms with van der Waals surface area (Å²) in [6.07, 6.45) is 0. The van der Waals surface area contributed by atoms with Gasteiger partial charge < -0.3 is 15.7 Å². The van der Waals surface area contributed by atoms with Gasteiger partial charge in [-0.05, 0) is 19.4 Å². The van der Waals surface area contributed by atoms with Crippen LogP contribution in [0.2, 0.25) is 0 Å². The molecule has 4 nitrogen and oxygen atoms in total. The highest BCUT2D eigenvalue weighted by molar-refractivity contribution is 7.80. The summed E-state index contributed by atoms with van der Waals surface area (Å²) in [5, 5.41) is 9.07. The van der Waals surface area contributed by atoms with Gasteiger partial charge in [-0.25, -0.2) is 0 Å². The predicted molar refractivity (Wildman–Crippen MR) is 79.9 cm³/mol. The number of nitrogens with two attached hydrogens (primary N) is 1. The average Bonchev–Trinajstić information content (AvgIpc) is 2.36. The molecule has 0 fully saturated rings. The Labute approximate surface area is 119 Å². The van der Waals surface area contributed by atoms with Crippen molar-refractivity contribution in [3.8, 4) is 0 Å². The Morgan fingerprint density at radius 3 is 2.37 bits per heavy atom. The van der Waals surface area contributed by atoms with Crippen LogP contribution in [0.1, 0.15) is 25.3 Å². The maximum atomic E-state index is 12.6. The first-order valence-electron chi connectivity index (χ1n) is 6.24. The molecule has 1 aromatic rings. The maximum Gasteiger partial charge on any atom is 0.237 e. The number of amides is 1. The molecule has 0 aliphatic carbocycles. The number of hydrogen-bond acceptors (Lipinski definition) is 3. The number of benzene rings is 1. The minimum Gasteiger partial charge on any atom is -0.395 e. The smallest absolute Gasteiger partial charge is 0.237 e. The first kappa shape index (κ1) is 15.6. The van der Waals surface area contributed by atoms with Crippen molar-refractivity contribution in [1.29, 1.82) is 0 Å². The Bertz CT molecular complexity index is 434. The van der Waals surface area contributed by atoms with Crippen molar-refractivity contribution in [3.63, 3.8) is 0 Å². The molecule has 5 heteroatoms. The van der Waals surface area contributed by atoms with E-state index in [2.05, 4.69) is 0 Å². The third kappa shape index (κ3) is 4.01. The van der Waals surface area contributed by atoms with Gasteiger partial charge >= 0.3 is 0 Å². The normalized spacial score (nSPS) is 12.2. The largest absolute Gasteiger partial charge is 0.395 e. The highest BCUT2D eigenvalue weighted by Crippen LogP contribution is 2.20. The Hall–Kier alpha value is -1.46. The molecule has 0 spiro atoms. The summed E-state index contributed by atoms with van der Waals surface area (Å²) < 4.78 is 0. The standard InChI is InChI=1S/C14H20N2O2S/c1-10(2)16(8-9-17)14(18)12(13(15)19)11-6-4-3-5-7-11/h3-7,10,12,17H,8-9H2,1-2H3,(H2,15,19). The number of carbonyl (C=O) groups excluding carboxylic acids is 1. The second kappa shape index (κ2) is 7.21. The zero-order valence-corrected chi connectivity index (χ0v) is 12.1. The lowest BCUT2D eigenvalue weighted by atomic mass is 9.97. The van der Waals surface area contributed by atoms with Crippen LogP contribution in [0.25, 0.3) is 0 Å². The summed E-state index contributed by atoms with van der Waals surface area (Å²) in [6.45, 7) is 4.00. The summed E-state index contributed by atoms with van der Waals surface area (Å²) in [7, 11) is 0. The van der Waals surface area contributed by atoms with Gasteiger partial charge in [0.1, 0.15) is 5.92 Å². The summed E-state index contributed by atoms with van der Waals surface area (Å²) >= 11 is 5.03. The second-order valence-corrected chi connectivity index (χ2v) is 5.07. The molecular formula is C14H20N2O2S. The predicted octanol–water partition coefficient (Wildman–Crippen LogP) is 1.29. The van der Waals surface area contributed by atoms with Gasteiger partial charge in [0.25, 0.3) is 0 Å². The molecular weight excluding hydrogens is 260 g/mol. The van der Waals surface area contributed by atoms with Crippen molar-refractivity contribution in [2.24, 2.45) is 5.73 Å². The number of carbonyl (C=O) groups is 1. The van der Waals surface area contributed by atoms with Crippen LogP contribution in [0.3, 0.4) is 0 Å². The molecule has 1 amide bonds. The highest BCUT2D eigenvalue weighted by Gasteiger charge is 2.29. The monoisotopic (exact) mass is 280 g/mol.